The van der Waals surface area contributed by atoms with Gasteiger partial charge in [0, 0.05) is 0 Å². The van der Waals surface area contributed by atoms with E-state index < -0.39 is 0 Å². The minimum atomic E-state index is -0.262. The number of allylic oxidation sites excluding steroid dienone is 2. The number of hydrogen-bond donors (Lipinski definition) is 1. The van der Waals surface area contributed by atoms with E-state index in [2.05, 4.69) is 0 Å². The van der Waals surface area contributed by atoms with Crippen LogP contribution in [0.2, 0.25) is 0 Å². The molecule has 0 heterocycles. The van der Waals surface area contributed by atoms with Crippen LogP contribution in [0, 0.1) is 0 Å². The average molecular weight is 192 g/mol. The molecule has 3 nitrogen and oxygen atoms in total. The Morgan fingerprint density at radius 3 is 2.79 bits per heavy atom. The van der Waals surface area contributed by atoms with Crippen LogP contribution < -0.4 is 4.74 Å². The quantitative estimate of drug-likeness (QED) is 0.589. The molecule has 0 amide bonds. The Kier molecular flexibility index (Phi) is 3.29. The molecule has 3 heteroatoms. The Bertz CT molecular complexity index is 367. The smallest absolute Gasteiger partial charge is 0.192 e. The Morgan fingerprint density at radius 2 is 2.21 bits per heavy atom. The van der Waals surface area contributed by atoms with Gasteiger partial charge >= 0.3 is 0 Å². The van der Waals surface area contributed by atoms with Crippen molar-refractivity contribution in [1.82, 2.24) is 0 Å². The summed E-state index contributed by atoms with van der Waals surface area (Å²) in [4.78, 5) is 11.5. The van der Waals surface area contributed by atoms with Crippen molar-refractivity contribution >= 4 is 5.78 Å². The first kappa shape index (κ1) is 10.3. The Labute approximate surface area is 82.6 Å². The van der Waals surface area contributed by atoms with Gasteiger partial charge in [0.2, 0.25) is 0 Å². The first-order valence-corrected chi connectivity index (χ1v) is 4.23. The van der Waals surface area contributed by atoms with Crippen LogP contribution in [0.1, 0.15) is 17.3 Å². The number of hydrogen-bond acceptors (Lipinski definition) is 3. The summed E-state index contributed by atoms with van der Waals surface area (Å²) in [5.74, 6) is 0.0583. The number of methoxy groups -OCH3 is 1. The fourth-order valence-corrected chi connectivity index (χ4v) is 1.17. The number of phenolic OH excluding ortho intramolecular Hbond substituents is 1. The van der Waals surface area contributed by atoms with E-state index in [1.54, 1.807) is 25.1 Å². The molecule has 0 aliphatic carbocycles. The number of aromatic hydroxyl groups is 1. The predicted octanol–water partition coefficient (Wildman–Crippen LogP) is 2.16. The zero-order chi connectivity index (χ0) is 10.6. The van der Waals surface area contributed by atoms with Gasteiger partial charge in [-0.25, -0.2) is 0 Å². The lowest BCUT2D eigenvalue weighted by atomic mass is 10.1. The molecule has 0 aromatic heterocycles. The topological polar surface area (TPSA) is 46.5 Å². The highest BCUT2D eigenvalue weighted by Crippen LogP contribution is 2.27. The van der Waals surface area contributed by atoms with Gasteiger partial charge < -0.3 is 9.84 Å². The van der Waals surface area contributed by atoms with Gasteiger partial charge in [0.1, 0.15) is 17.1 Å². The molecule has 0 aliphatic rings. The maximum atomic E-state index is 11.5. The third kappa shape index (κ3) is 1.93. The second-order valence-electron chi connectivity index (χ2n) is 2.72. The second kappa shape index (κ2) is 4.46. The van der Waals surface area contributed by atoms with Crippen LogP contribution in [-0.4, -0.2) is 18.0 Å². The lowest BCUT2D eigenvalue weighted by molar-refractivity contribution is 0.104. The molecule has 0 fully saturated rings. The fourth-order valence-electron chi connectivity index (χ4n) is 1.17. The van der Waals surface area contributed by atoms with E-state index in [0.29, 0.717) is 5.75 Å². The van der Waals surface area contributed by atoms with Crippen molar-refractivity contribution in [2.75, 3.05) is 7.11 Å². The zero-order valence-corrected chi connectivity index (χ0v) is 8.15. The standard InChI is InChI=1S/C11H12O3/c1-3-5-8(12)11-9(13)6-4-7-10(11)14-2/h3-7,13H,1-2H3/b5-3+. The molecule has 1 rings (SSSR count). The van der Waals surface area contributed by atoms with Crippen molar-refractivity contribution in [3.63, 3.8) is 0 Å². The van der Waals surface area contributed by atoms with E-state index in [0.717, 1.165) is 0 Å². The van der Waals surface area contributed by atoms with Crippen molar-refractivity contribution < 1.29 is 14.6 Å². The van der Waals surface area contributed by atoms with Gasteiger partial charge in [-0.1, -0.05) is 12.1 Å². The Hall–Kier alpha value is -1.77. The van der Waals surface area contributed by atoms with Crippen molar-refractivity contribution in [3.05, 3.63) is 35.9 Å². The van der Waals surface area contributed by atoms with Crippen LogP contribution in [0.15, 0.2) is 30.4 Å². The van der Waals surface area contributed by atoms with Gasteiger partial charge in [-0.2, -0.15) is 0 Å². The summed E-state index contributed by atoms with van der Waals surface area (Å²) in [6, 6.07) is 4.72. The predicted molar refractivity (Wildman–Crippen MR) is 53.8 cm³/mol. The Morgan fingerprint density at radius 1 is 1.50 bits per heavy atom. The van der Waals surface area contributed by atoms with Crippen molar-refractivity contribution in [1.29, 1.82) is 0 Å². The molecular formula is C11H12O3. The summed E-state index contributed by atoms with van der Waals surface area (Å²) in [5.41, 5.74) is 0.202. The van der Waals surface area contributed by atoms with Crippen LogP contribution in [-0.2, 0) is 0 Å². The van der Waals surface area contributed by atoms with Gasteiger partial charge in [0.05, 0.1) is 7.11 Å². The molecule has 14 heavy (non-hydrogen) atoms. The van der Waals surface area contributed by atoms with Crippen LogP contribution >= 0.6 is 0 Å². The minimum Gasteiger partial charge on any atom is -0.507 e. The first-order chi connectivity index (χ1) is 6.70. The summed E-state index contributed by atoms with van der Waals surface area (Å²) in [6.07, 6.45) is 3.01. The van der Waals surface area contributed by atoms with E-state index in [9.17, 15) is 9.90 Å². The first-order valence-electron chi connectivity index (χ1n) is 4.23. The molecule has 0 saturated carbocycles. The van der Waals surface area contributed by atoms with Crippen LogP contribution in [0.25, 0.3) is 0 Å². The maximum absolute atomic E-state index is 11.5. The SMILES string of the molecule is C/C=C/C(=O)c1c(O)cccc1OC. The molecule has 0 unspecified atom stereocenters. The highest BCUT2D eigenvalue weighted by atomic mass is 16.5. The van der Waals surface area contributed by atoms with Crippen LogP contribution in [0.4, 0.5) is 0 Å². The number of carbonyl (C=O) groups is 1. The summed E-state index contributed by atoms with van der Waals surface area (Å²) in [5, 5.41) is 9.48. The number of phenols is 1. The van der Waals surface area contributed by atoms with Gasteiger partial charge in [0.25, 0.3) is 0 Å². The summed E-state index contributed by atoms with van der Waals surface area (Å²) >= 11 is 0. The number of ketones is 1. The molecule has 0 saturated heterocycles. The molecule has 0 aliphatic heterocycles. The summed E-state index contributed by atoms with van der Waals surface area (Å²) in [7, 11) is 1.46. The molecule has 1 aromatic rings. The van der Waals surface area contributed by atoms with Gasteiger partial charge in [-0.15, -0.1) is 0 Å². The third-order valence-corrected chi connectivity index (χ3v) is 1.79. The number of benzene rings is 1. The molecule has 1 N–H and O–H groups in total. The Balaban J connectivity index is 3.23. The zero-order valence-electron chi connectivity index (χ0n) is 8.15. The van der Waals surface area contributed by atoms with Gasteiger partial charge in [-0.3, -0.25) is 4.79 Å². The maximum Gasteiger partial charge on any atom is 0.192 e. The highest BCUT2D eigenvalue weighted by molar-refractivity contribution is 6.08. The van der Waals surface area contributed by atoms with E-state index >= 15 is 0 Å². The third-order valence-electron chi connectivity index (χ3n) is 1.79. The molecule has 0 bridgehead atoms. The van der Waals surface area contributed by atoms with Crippen molar-refractivity contribution in [3.8, 4) is 11.5 Å². The monoisotopic (exact) mass is 192 g/mol. The molecule has 0 radical (unpaired) electrons. The summed E-state index contributed by atoms with van der Waals surface area (Å²) in [6.45, 7) is 1.74. The second-order valence-corrected chi connectivity index (χ2v) is 2.72. The molecule has 1 aromatic carbocycles. The van der Waals surface area contributed by atoms with E-state index in [1.807, 2.05) is 0 Å². The number of carbonyl (C=O) groups excluding carboxylic acids is 1. The largest absolute Gasteiger partial charge is 0.507 e. The van der Waals surface area contributed by atoms with Crippen LogP contribution in [0.3, 0.4) is 0 Å². The van der Waals surface area contributed by atoms with Gasteiger partial charge in [0.15, 0.2) is 5.78 Å². The molecular weight excluding hydrogens is 180 g/mol. The fraction of sp³-hybridized carbons (Fsp3) is 0.182. The van der Waals surface area contributed by atoms with Crippen molar-refractivity contribution in [2.24, 2.45) is 0 Å². The van der Waals surface area contributed by atoms with E-state index in [-0.39, 0.29) is 17.1 Å². The van der Waals surface area contributed by atoms with E-state index in [4.69, 9.17) is 4.74 Å². The number of ether oxygens (including phenoxy) is 1. The molecule has 0 atom stereocenters. The molecule has 0 spiro atoms. The van der Waals surface area contributed by atoms with E-state index in [1.165, 1.54) is 19.3 Å². The molecule has 74 valence electrons. The average Bonchev–Trinajstić information content (AvgIpc) is 2.17. The van der Waals surface area contributed by atoms with Crippen LogP contribution in [0.5, 0.6) is 11.5 Å². The highest BCUT2D eigenvalue weighted by Gasteiger charge is 2.13. The lowest BCUT2D eigenvalue weighted by Gasteiger charge is -2.06. The normalized spacial score (nSPS) is 10.4. The summed E-state index contributed by atoms with van der Waals surface area (Å²) < 4.78 is 4.98. The van der Waals surface area contributed by atoms with Crippen molar-refractivity contribution in [2.45, 2.75) is 6.92 Å². The number of rotatable bonds is 3. The lowest BCUT2D eigenvalue weighted by Crippen LogP contribution is -1.99. The minimum absolute atomic E-state index is 0.0625. The van der Waals surface area contributed by atoms with Gasteiger partial charge in [-0.05, 0) is 25.1 Å².